The van der Waals surface area contributed by atoms with Crippen molar-refractivity contribution in [1.29, 1.82) is 0 Å². The number of benzene rings is 1. The molecule has 0 heterocycles. The van der Waals surface area contributed by atoms with Crippen molar-refractivity contribution in [3.05, 3.63) is 29.8 Å². The monoisotopic (exact) mass is 247 g/mol. The lowest BCUT2D eigenvalue weighted by atomic mass is 10.2. The Bertz CT molecular complexity index is 389. The van der Waals surface area contributed by atoms with Crippen LogP contribution in [0.4, 0.5) is 0 Å². The van der Waals surface area contributed by atoms with E-state index in [0.29, 0.717) is 13.1 Å². The number of hydrogen-bond acceptors (Lipinski definition) is 3. The largest absolute Gasteiger partial charge is 0.491 e. The highest BCUT2D eigenvalue weighted by Crippen LogP contribution is 2.12. The van der Waals surface area contributed by atoms with Gasteiger partial charge in [0.1, 0.15) is 18.5 Å². The van der Waals surface area contributed by atoms with E-state index in [1.165, 1.54) is 5.56 Å². The molecule has 0 bridgehead atoms. The van der Waals surface area contributed by atoms with E-state index in [1.807, 2.05) is 24.3 Å². The summed E-state index contributed by atoms with van der Waals surface area (Å²) in [5.74, 6) is 6.45. The van der Waals surface area contributed by atoms with Crippen LogP contribution in [0.25, 0.3) is 0 Å². The number of aliphatic hydroxyl groups excluding tert-OH is 1. The Morgan fingerprint density at radius 1 is 1.33 bits per heavy atom. The summed E-state index contributed by atoms with van der Waals surface area (Å²) in [6.45, 7) is 5.28. The number of rotatable bonds is 7. The lowest BCUT2D eigenvalue weighted by molar-refractivity contribution is 0.107. The van der Waals surface area contributed by atoms with Gasteiger partial charge in [-0.1, -0.05) is 25.0 Å². The standard InChI is InChI=1S/C15H21NO2/c1-3-5-10-16-11-14(17)12-18-15-8-6-13(4-2)7-9-15/h6-9,14,16-17H,4,10-12H2,1-2H3. The van der Waals surface area contributed by atoms with Crippen molar-refractivity contribution in [3.63, 3.8) is 0 Å². The number of aliphatic hydroxyl groups is 1. The number of hydrogen-bond donors (Lipinski definition) is 2. The summed E-state index contributed by atoms with van der Waals surface area (Å²) in [6, 6.07) is 7.94. The molecule has 2 N–H and O–H groups in total. The highest BCUT2D eigenvalue weighted by Gasteiger charge is 2.04. The predicted octanol–water partition coefficient (Wildman–Crippen LogP) is 1.60. The molecule has 0 spiro atoms. The summed E-state index contributed by atoms with van der Waals surface area (Å²) in [5.41, 5.74) is 1.28. The van der Waals surface area contributed by atoms with Crippen molar-refractivity contribution in [1.82, 2.24) is 5.32 Å². The molecular formula is C15H21NO2. The second-order valence-electron chi connectivity index (χ2n) is 4.02. The van der Waals surface area contributed by atoms with Gasteiger partial charge in [-0.15, -0.1) is 5.92 Å². The highest BCUT2D eigenvalue weighted by molar-refractivity contribution is 5.27. The van der Waals surface area contributed by atoms with Crippen LogP contribution in [-0.4, -0.2) is 30.9 Å². The van der Waals surface area contributed by atoms with Crippen molar-refractivity contribution in [3.8, 4) is 17.6 Å². The van der Waals surface area contributed by atoms with Gasteiger partial charge in [-0.05, 0) is 31.0 Å². The Hall–Kier alpha value is -1.50. The Labute approximate surface area is 109 Å². The maximum atomic E-state index is 9.67. The summed E-state index contributed by atoms with van der Waals surface area (Å²) < 4.78 is 5.50. The fourth-order valence-corrected chi connectivity index (χ4v) is 1.46. The number of ether oxygens (including phenoxy) is 1. The molecule has 1 aromatic rings. The van der Waals surface area contributed by atoms with Gasteiger partial charge in [0, 0.05) is 6.54 Å². The van der Waals surface area contributed by atoms with Crippen LogP contribution in [-0.2, 0) is 6.42 Å². The highest BCUT2D eigenvalue weighted by atomic mass is 16.5. The van der Waals surface area contributed by atoms with Gasteiger partial charge < -0.3 is 15.2 Å². The van der Waals surface area contributed by atoms with E-state index in [2.05, 4.69) is 24.1 Å². The van der Waals surface area contributed by atoms with Gasteiger partial charge >= 0.3 is 0 Å². The second-order valence-corrected chi connectivity index (χ2v) is 4.02. The van der Waals surface area contributed by atoms with Crippen LogP contribution in [0.2, 0.25) is 0 Å². The van der Waals surface area contributed by atoms with Gasteiger partial charge in [0.25, 0.3) is 0 Å². The summed E-state index contributed by atoms with van der Waals surface area (Å²) in [7, 11) is 0. The molecule has 98 valence electrons. The van der Waals surface area contributed by atoms with Crippen LogP contribution < -0.4 is 10.1 Å². The zero-order valence-electron chi connectivity index (χ0n) is 11.1. The molecule has 0 aliphatic carbocycles. The van der Waals surface area contributed by atoms with E-state index in [-0.39, 0.29) is 6.61 Å². The predicted molar refractivity (Wildman–Crippen MR) is 73.6 cm³/mol. The zero-order chi connectivity index (χ0) is 13.2. The molecule has 0 aromatic heterocycles. The lowest BCUT2D eigenvalue weighted by Crippen LogP contribution is -2.31. The maximum Gasteiger partial charge on any atom is 0.119 e. The normalized spacial score (nSPS) is 11.5. The molecule has 3 heteroatoms. The van der Waals surface area contributed by atoms with Crippen molar-refractivity contribution >= 4 is 0 Å². The molecule has 1 rings (SSSR count). The summed E-state index contributed by atoms with van der Waals surface area (Å²) >= 11 is 0. The van der Waals surface area contributed by atoms with Gasteiger partial charge in [-0.2, -0.15) is 0 Å². The molecule has 1 unspecified atom stereocenters. The van der Waals surface area contributed by atoms with Crippen LogP contribution in [0.5, 0.6) is 5.75 Å². The van der Waals surface area contributed by atoms with Crippen molar-refractivity contribution in [2.75, 3.05) is 19.7 Å². The summed E-state index contributed by atoms with van der Waals surface area (Å²) in [4.78, 5) is 0. The van der Waals surface area contributed by atoms with Crippen molar-refractivity contribution in [2.45, 2.75) is 26.4 Å². The van der Waals surface area contributed by atoms with E-state index < -0.39 is 6.10 Å². The summed E-state index contributed by atoms with van der Waals surface area (Å²) in [6.07, 6.45) is 0.500. The average Bonchev–Trinajstić information content (AvgIpc) is 2.42. The van der Waals surface area contributed by atoms with Crippen molar-refractivity contribution < 1.29 is 9.84 Å². The molecule has 18 heavy (non-hydrogen) atoms. The zero-order valence-corrected chi connectivity index (χ0v) is 11.1. The molecule has 0 saturated carbocycles. The molecule has 1 aromatic carbocycles. The van der Waals surface area contributed by atoms with E-state index in [1.54, 1.807) is 6.92 Å². The van der Waals surface area contributed by atoms with Gasteiger partial charge in [0.05, 0.1) is 6.54 Å². The van der Waals surface area contributed by atoms with Gasteiger partial charge in [0.15, 0.2) is 0 Å². The smallest absolute Gasteiger partial charge is 0.119 e. The van der Waals surface area contributed by atoms with E-state index in [0.717, 1.165) is 12.2 Å². The Kier molecular flexibility index (Phi) is 6.93. The molecule has 0 amide bonds. The maximum absolute atomic E-state index is 9.67. The van der Waals surface area contributed by atoms with E-state index in [9.17, 15) is 5.11 Å². The first-order chi connectivity index (χ1) is 8.76. The third-order valence-electron chi connectivity index (χ3n) is 2.54. The minimum Gasteiger partial charge on any atom is -0.491 e. The van der Waals surface area contributed by atoms with Gasteiger partial charge in [-0.3, -0.25) is 0 Å². The quantitative estimate of drug-likeness (QED) is 0.568. The number of nitrogens with one attached hydrogen (secondary N) is 1. The minimum atomic E-state index is -0.519. The first-order valence-corrected chi connectivity index (χ1v) is 6.26. The van der Waals surface area contributed by atoms with Gasteiger partial charge in [-0.25, -0.2) is 0 Å². The minimum absolute atomic E-state index is 0.290. The molecule has 0 aliphatic rings. The SMILES string of the molecule is CC#CCNCC(O)COc1ccc(CC)cc1. The van der Waals surface area contributed by atoms with E-state index >= 15 is 0 Å². The van der Waals surface area contributed by atoms with Crippen LogP contribution >= 0.6 is 0 Å². The fraction of sp³-hybridized carbons (Fsp3) is 0.467. The summed E-state index contributed by atoms with van der Waals surface area (Å²) in [5, 5.41) is 12.7. The first-order valence-electron chi connectivity index (χ1n) is 6.26. The van der Waals surface area contributed by atoms with Crippen LogP contribution in [0.15, 0.2) is 24.3 Å². The Balaban J connectivity index is 2.23. The molecule has 1 atom stereocenters. The molecule has 0 saturated heterocycles. The molecule has 3 nitrogen and oxygen atoms in total. The molecule has 0 fully saturated rings. The molecular weight excluding hydrogens is 226 g/mol. The third-order valence-corrected chi connectivity index (χ3v) is 2.54. The molecule has 0 radical (unpaired) electrons. The lowest BCUT2D eigenvalue weighted by Gasteiger charge is -2.12. The first kappa shape index (κ1) is 14.6. The van der Waals surface area contributed by atoms with E-state index in [4.69, 9.17) is 4.74 Å². The van der Waals surface area contributed by atoms with Gasteiger partial charge in [0.2, 0.25) is 0 Å². The third kappa shape index (κ3) is 5.72. The Morgan fingerprint density at radius 3 is 2.67 bits per heavy atom. The second kappa shape index (κ2) is 8.57. The van der Waals surface area contributed by atoms with Crippen LogP contribution in [0.3, 0.4) is 0 Å². The fourth-order valence-electron chi connectivity index (χ4n) is 1.46. The Morgan fingerprint density at radius 2 is 2.06 bits per heavy atom. The van der Waals surface area contributed by atoms with Crippen LogP contribution in [0, 0.1) is 11.8 Å². The topological polar surface area (TPSA) is 41.5 Å². The average molecular weight is 247 g/mol. The number of aryl methyl sites for hydroxylation is 1. The van der Waals surface area contributed by atoms with Crippen molar-refractivity contribution in [2.24, 2.45) is 0 Å². The molecule has 0 aliphatic heterocycles. The van der Waals surface area contributed by atoms with Crippen LogP contribution in [0.1, 0.15) is 19.4 Å².